The van der Waals surface area contributed by atoms with Crippen LogP contribution in [0.25, 0.3) is 11.1 Å². The van der Waals surface area contributed by atoms with Crippen LogP contribution in [0.3, 0.4) is 0 Å². The molecule has 0 atom stereocenters. The maximum Gasteiger partial charge on any atom is 0.325 e. The fraction of sp³-hybridized carbons (Fsp3) is 0.478. The van der Waals surface area contributed by atoms with Gasteiger partial charge in [-0.3, -0.25) is 4.57 Å². The van der Waals surface area contributed by atoms with E-state index in [9.17, 15) is 4.57 Å². The summed E-state index contributed by atoms with van der Waals surface area (Å²) in [5.74, 6) is 0. The summed E-state index contributed by atoms with van der Waals surface area (Å²) in [5, 5.41) is 3.23. The van der Waals surface area contributed by atoms with Crippen LogP contribution in [0.15, 0.2) is 48.5 Å². The summed E-state index contributed by atoms with van der Waals surface area (Å²) >= 11 is 0. The summed E-state index contributed by atoms with van der Waals surface area (Å²) in [6.07, 6.45) is 8.16. The molecule has 0 aliphatic rings. The first-order chi connectivity index (χ1) is 13.5. The number of unbranched alkanes of at least 4 members (excludes halogenated alkanes) is 4. The van der Waals surface area contributed by atoms with Gasteiger partial charge in [0.1, 0.15) is 0 Å². The summed E-state index contributed by atoms with van der Waals surface area (Å²) in [7, 11) is -3.87. The van der Waals surface area contributed by atoms with Crippen molar-refractivity contribution in [3.63, 3.8) is 0 Å². The molecule has 0 spiro atoms. The number of rotatable bonds is 13. The van der Waals surface area contributed by atoms with Gasteiger partial charge in [0.05, 0.1) is 6.16 Å². The second-order valence-corrected chi connectivity index (χ2v) is 9.25. The lowest BCUT2D eigenvalue weighted by atomic mass is 10.00. The Labute approximate surface area is 169 Å². The average Bonchev–Trinajstić information content (AvgIpc) is 2.68. The number of hydrogen-bond acceptors (Lipinski definition) is 2. The predicted molar refractivity (Wildman–Crippen MR) is 118 cm³/mol. The van der Waals surface area contributed by atoms with E-state index in [-0.39, 0.29) is 6.16 Å². The van der Waals surface area contributed by atoms with Gasteiger partial charge in [-0.05, 0) is 48.1 Å². The molecule has 4 nitrogen and oxygen atoms in total. The second-order valence-electron chi connectivity index (χ2n) is 7.48. The highest BCUT2D eigenvalue weighted by molar-refractivity contribution is 7.51. The molecule has 2 aromatic rings. The third kappa shape index (κ3) is 9.16. The normalized spacial score (nSPS) is 11.7. The van der Waals surface area contributed by atoms with Crippen LogP contribution in [-0.4, -0.2) is 22.5 Å². The summed E-state index contributed by atoms with van der Waals surface area (Å²) in [6.45, 7) is 3.56. The van der Waals surface area contributed by atoms with E-state index < -0.39 is 7.60 Å². The van der Waals surface area contributed by atoms with Gasteiger partial charge in [-0.15, -0.1) is 0 Å². The molecule has 28 heavy (non-hydrogen) atoms. The maximum absolute atomic E-state index is 10.8. The van der Waals surface area contributed by atoms with E-state index in [1.807, 2.05) is 0 Å². The van der Waals surface area contributed by atoms with Crippen molar-refractivity contribution in [3.8, 4) is 11.1 Å². The van der Waals surface area contributed by atoms with Gasteiger partial charge in [0.25, 0.3) is 0 Å². The topological polar surface area (TPSA) is 69.6 Å². The second kappa shape index (κ2) is 12.2. The van der Waals surface area contributed by atoms with Gasteiger partial charge in [-0.1, -0.05) is 81.1 Å². The molecule has 154 valence electrons. The van der Waals surface area contributed by atoms with E-state index in [1.165, 1.54) is 54.4 Å². The van der Waals surface area contributed by atoms with Crippen LogP contribution < -0.4 is 5.32 Å². The van der Waals surface area contributed by atoms with Crippen LogP contribution in [-0.2, 0) is 17.5 Å². The molecule has 0 saturated heterocycles. The van der Waals surface area contributed by atoms with Crippen molar-refractivity contribution < 1.29 is 14.4 Å². The van der Waals surface area contributed by atoms with Crippen molar-refractivity contribution in [3.05, 3.63) is 59.7 Å². The molecule has 2 aromatic carbocycles. The van der Waals surface area contributed by atoms with Gasteiger partial charge in [0, 0.05) is 6.54 Å². The number of nitrogens with one attached hydrogen (secondary N) is 1. The first-order valence-corrected chi connectivity index (χ1v) is 12.2. The van der Waals surface area contributed by atoms with Crippen molar-refractivity contribution in [1.29, 1.82) is 0 Å². The van der Waals surface area contributed by atoms with E-state index in [4.69, 9.17) is 9.79 Å². The Bertz CT molecular complexity index is 723. The molecule has 0 bridgehead atoms. The van der Waals surface area contributed by atoms with Crippen LogP contribution >= 0.6 is 7.60 Å². The average molecular weight is 404 g/mol. The number of aryl methyl sites for hydroxylation is 1. The Hall–Kier alpha value is -1.45. The van der Waals surface area contributed by atoms with Crippen LogP contribution in [0, 0.1) is 0 Å². The lowest BCUT2D eigenvalue weighted by Gasteiger charge is -2.08. The van der Waals surface area contributed by atoms with Gasteiger partial charge in [-0.2, -0.15) is 0 Å². The molecule has 0 fully saturated rings. The van der Waals surface area contributed by atoms with E-state index >= 15 is 0 Å². The number of benzene rings is 2. The van der Waals surface area contributed by atoms with Gasteiger partial charge in [0.15, 0.2) is 0 Å². The summed E-state index contributed by atoms with van der Waals surface area (Å²) in [4.78, 5) is 17.7. The van der Waals surface area contributed by atoms with Gasteiger partial charge in [-0.25, -0.2) is 0 Å². The molecular formula is C23H34NO3P. The van der Waals surface area contributed by atoms with Crippen molar-refractivity contribution in [2.24, 2.45) is 0 Å². The standard InChI is InChI=1S/C23H34NO3P/c1-2-3-4-5-6-8-20-9-13-22(14-10-20)23-15-11-21(12-16-23)19-24-17-7-18-28(25,26)27/h9-16,24H,2-8,17-19H2,1H3,(H2,25,26,27). The molecule has 0 aliphatic heterocycles. The third-order valence-electron chi connectivity index (χ3n) is 4.94. The van der Waals surface area contributed by atoms with Crippen LogP contribution in [0.2, 0.25) is 0 Å². The van der Waals surface area contributed by atoms with E-state index in [0.29, 0.717) is 19.5 Å². The Balaban J connectivity index is 1.75. The lowest BCUT2D eigenvalue weighted by Crippen LogP contribution is -2.15. The van der Waals surface area contributed by atoms with Crippen molar-refractivity contribution in [1.82, 2.24) is 5.32 Å². The van der Waals surface area contributed by atoms with Crippen LogP contribution in [0.4, 0.5) is 0 Å². The zero-order valence-corrected chi connectivity index (χ0v) is 17.8. The molecule has 0 amide bonds. The molecule has 0 aromatic heterocycles. The molecule has 3 N–H and O–H groups in total. The first-order valence-electron chi connectivity index (χ1n) is 10.4. The Kier molecular flexibility index (Phi) is 9.94. The summed E-state index contributed by atoms with van der Waals surface area (Å²) < 4.78 is 10.8. The van der Waals surface area contributed by atoms with Crippen molar-refractivity contribution in [2.75, 3.05) is 12.7 Å². The largest absolute Gasteiger partial charge is 0.325 e. The zero-order valence-electron chi connectivity index (χ0n) is 16.9. The molecule has 2 rings (SSSR count). The van der Waals surface area contributed by atoms with E-state index in [1.54, 1.807) is 0 Å². The molecular weight excluding hydrogens is 369 g/mol. The van der Waals surface area contributed by atoms with Gasteiger partial charge in [0.2, 0.25) is 0 Å². The Morgan fingerprint density at radius 1 is 0.786 bits per heavy atom. The highest BCUT2D eigenvalue weighted by atomic mass is 31.2. The third-order valence-corrected chi connectivity index (χ3v) is 5.84. The first kappa shape index (κ1) is 22.8. The summed E-state index contributed by atoms with van der Waals surface area (Å²) in [6, 6.07) is 17.4. The highest BCUT2D eigenvalue weighted by Crippen LogP contribution is 2.34. The Morgan fingerprint density at radius 3 is 1.93 bits per heavy atom. The lowest BCUT2D eigenvalue weighted by molar-refractivity contribution is 0.371. The minimum atomic E-state index is -3.87. The van der Waals surface area contributed by atoms with E-state index in [0.717, 1.165) is 6.42 Å². The predicted octanol–water partition coefficient (Wildman–Crippen LogP) is 5.52. The van der Waals surface area contributed by atoms with Crippen molar-refractivity contribution >= 4 is 7.60 Å². The molecule has 0 aliphatic carbocycles. The van der Waals surface area contributed by atoms with E-state index in [2.05, 4.69) is 60.8 Å². The minimum Gasteiger partial charge on any atom is -0.324 e. The molecule has 0 saturated carbocycles. The smallest absolute Gasteiger partial charge is 0.324 e. The fourth-order valence-corrected chi connectivity index (χ4v) is 3.82. The molecule has 0 radical (unpaired) electrons. The summed E-state index contributed by atoms with van der Waals surface area (Å²) in [5.41, 5.74) is 5.02. The highest BCUT2D eigenvalue weighted by Gasteiger charge is 2.10. The fourth-order valence-electron chi connectivity index (χ4n) is 3.25. The SMILES string of the molecule is CCCCCCCc1ccc(-c2ccc(CNCCCP(=O)(O)O)cc2)cc1. The van der Waals surface area contributed by atoms with Gasteiger partial charge < -0.3 is 15.1 Å². The molecule has 0 heterocycles. The zero-order chi connectivity index (χ0) is 20.2. The van der Waals surface area contributed by atoms with Gasteiger partial charge >= 0.3 is 7.60 Å². The maximum atomic E-state index is 10.8. The Morgan fingerprint density at radius 2 is 1.36 bits per heavy atom. The number of hydrogen-bond donors (Lipinski definition) is 3. The minimum absolute atomic E-state index is 0.0618. The van der Waals surface area contributed by atoms with Crippen LogP contribution in [0.5, 0.6) is 0 Å². The quantitative estimate of drug-likeness (QED) is 0.304. The molecule has 0 unspecified atom stereocenters. The van der Waals surface area contributed by atoms with Crippen molar-refractivity contribution in [2.45, 2.75) is 58.4 Å². The monoisotopic (exact) mass is 403 g/mol. The van der Waals surface area contributed by atoms with Crippen LogP contribution in [0.1, 0.15) is 56.6 Å². The molecule has 5 heteroatoms.